The minimum atomic E-state index is -0.0236. The fourth-order valence-corrected chi connectivity index (χ4v) is 2.92. The van der Waals surface area contributed by atoms with E-state index in [0.717, 1.165) is 18.5 Å². The Labute approximate surface area is 123 Å². The van der Waals surface area contributed by atoms with Crippen LogP contribution in [-0.4, -0.2) is 17.2 Å². The van der Waals surface area contributed by atoms with E-state index in [0.29, 0.717) is 30.1 Å². The molecule has 0 bridgehead atoms. The molecule has 0 unspecified atom stereocenters. The van der Waals surface area contributed by atoms with Gasteiger partial charge in [-0.25, -0.2) is 4.84 Å². The number of nitrogens with two attached hydrogens (primary N) is 1. The summed E-state index contributed by atoms with van der Waals surface area (Å²) in [5.41, 5.74) is 11.2. The minimum Gasteiger partial charge on any atom is -0.396 e. The van der Waals surface area contributed by atoms with Gasteiger partial charge in [-0.05, 0) is 34.9 Å². The smallest absolute Gasteiger partial charge is 0.212 e. The van der Waals surface area contributed by atoms with Crippen molar-refractivity contribution < 1.29 is 4.79 Å². The van der Waals surface area contributed by atoms with Gasteiger partial charge in [-0.15, -0.1) is 0 Å². The number of halogens is 1. The Morgan fingerprint density at radius 1 is 1.40 bits per heavy atom. The molecule has 1 aliphatic heterocycles. The molecule has 0 atom stereocenters. The molecular formula is C15H16ClN3O. The molecule has 3 N–H and O–H groups in total. The number of carbonyl (C=O) groups is 1. The minimum absolute atomic E-state index is 0.0236. The first-order chi connectivity index (χ1) is 9.61. The number of Topliss-reactive ketones (excluding diaryl/α,β-unsaturated/α-hetero) is 1. The van der Waals surface area contributed by atoms with Gasteiger partial charge in [0.1, 0.15) is 5.70 Å². The number of carbonyl (C=O) groups excluding carboxylic acids is 1. The van der Waals surface area contributed by atoms with Crippen LogP contribution in [0.15, 0.2) is 41.7 Å². The fourth-order valence-electron chi connectivity index (χ4n) is 2.77. The monoisotopic (exact) mass is 289 g/mol. The van der Waals surface area contributed by atoms with E-state index in [-0.39, 0.29) is 5.78 Å². The summed E-state index contributed by atoms with van der Waals surface area (Å²) < 4.78 is 0. The van der Waals surface area contributed by atoms with Crippen molar-refractivity contribution >= 4 is 17.6 Å². The van der Waals surface area contributed by atoms with Crippen LogP contribution in [0.2, 0.25) is 0 Å². The second kappa shape index (κ2) is 4.96. The third-order valence-electron chi connectivity index (χ3n) is 3.94. The summed E-state index contributed by atoms with van der Waals surface area (Å²) in [6.45, 7) is 5.81. The van der Waals surface area contributed by atoms with E-state index in [1.165, 1.54) is 11.1 Å². The third kappa shape index (κ3) is 2.01. The molecule has 0 spiro atoms. The molecule has 1 aromatic rings. The molecule has 2 aliphatic rings. The highest BCUT2D eigenvalue weighted by molar-refractivity contribution is 6.18. The first-order valence-electron chi connectivity index (χ1n) is 6.54. The van der Waals surface area contributed by atoms with Crippen LogP contribution in [0.1, 0.15) is 16.7 Å². The lowest BCUT2D eigenvalue weighted by Gasteiger charge is -2.37. The van der Waals surface area contributed by atoms with Crippen LogP contribution in [0.25, 0.3) is 0 Å². The first-order valence-corrected chi connectivity index (χ1v) is 6.92. The van der Waals surface area contributed by atoms with E-state index in [1.54, 1.807) is 0 Å². The standard InChI is InChI=1S/C15H16ClN3O/c1-9-13(17)14(15(9)20)19-5-4-11-3-2-10(7-18-16)6-12(11)8-19/h2-3,6,18H,1,4-5,7-8,17H2. The first kappa shape index (κ1) is 13.2. The molecule has 104 valence electrons. The maximum absolute atomic E-state index is 11.8. The van der Waals surface area contributed by atoms with Crippen LogP contribution in [0.4, 0.5) is 0 Å². The van der Waals surface area contributed by atoms with Gasteiger partial charge in [0, 0.05) is 25.2 Å². The van der Waals surface area contributed by atoms with Crippen molar-refractivity contribution in [1.29, 1.82) is 0 Å². The van der Waals surface area contributed by atoms with Crippen LogP contribution in [0, 0.1) is 0 Å². The van der Waals surface area contributed by atoms with Gasteiger partial charge < -0.3 is 10.6 Å². The molecule has 0 saturated heterocycles. The predicted octanol–water partition coefficient (Wildman–Crippen LogP) is 1.60. The molecule has 0 amide bonds. The average Bonchev–Trinajstić information content (AvgIpc) is 2.47. The van der Waals surface area contributed by atoms with Gasteiger partial charge in [0.05, 0.1) is 5.70 Å². The molecule has 5 heteroatoms. The number of allylic oxidation sites excluding steroid dienone is 2. The molecule has 4 nitrogen and oxygen atoms in total. The molecular weight excluding hydrogens is 274 g/mol. The number of benzene rings is 1. The molecule has 0 aromatic heterocycles. The normalized spacial score (nSPS) is 18.1. The topological polar surface area (TPSA) is 58.4 Å². The SMILES string of the molecule is C=C1C(=O)C(N2CCc3ccc(CNCl)cc3C2)=C1N. The number of fused-ring (bicyclic) bond motifs is 1. The molecule has 0 saturated carbocycles. The van der Waals surface area contributed by atoms with Gasteiger partial charge >= 0.3 is 0 Å². The lowest BCUT2D eigenvalue weighted by atomic mass is 9.89. The summed E-state index contributed by atoms with van der Waals surface area (Å²) in [6, 6.07) is 6.34. The van der Waals surface area contributed by atoms with Crippen LogP contribution in [0.3, 0.4) is 0 Å². The number of nitrogens with one attached hydrogen (secondary N) is 1. The number of hydrogen-bond acceptors (Lipinski definition) is 4. The molecule has 1 aliphatic carbocycles. The van der Waals surface area contributed by atoms with Crippen LogP contribution < -0.4 is 10.6 Å². The fraction of sp³-hybridized carbons (Fsp3) is 0.267. The summed E-state index contributed by atoms with van der Waals surface area (Å²) in [4.78, 5) is 16.5. The second-order valence-electron chi connectivity index (χ2n) is 5.15. The highest BCUT2D eigenvalue weighted by Crippen LogP contribution is 2.32. The summed E-state index contributed by atoms with van der Waals surface area (Å²) in [6.07, 6.45) is 0.917. The van der Waals surface area contributed by atoms with Gasteiger partial charge in [-0.3, -0.25) is 4.79 Å². The number of hydrogen-bond donors (Lipinski definition) is 2. The predicted molar refractivity (Wildman–Crippen MR) is 78.6 cm³/mol. The third-order valence-corrected chi connectivity index (χ3v) is 4.07. The van der Waals surface area contributed by atoms with Crippen molar-refractivity contribution in [3.63, 3.8) is 0 Å². The lowest BCUT2D eigenvalue weighted by Crippen LogP contribution is -2.41. The number of nitrogens with zero attached hydrogens (tertiary/aromatic N) is 1. The molecule has 1 heterocycles. The Balaban J connectivity index is 1.86. The van der Waals surface area contributed by atoms with Crippen molar-refractivity contribution in [3.8, 4) is 0 Å². The highest BCUT2D eigenvalue weighted by atomic mass is 35.5. The Morgan fingerprint density at radius 3 is 2.90 bits per heavy atom. The van der Waals surface area contributed by atoms with Crippen molar-refractivity contribution in [2.45, 2.75) is 19.5 Å². The zero-order valence-corrected chi connectivity index (χ0v) is 11.8. The molecule has 3 rings (SSSR count). The van der Waals surface area contributed by atoms with Crippen molar-refractivity contribution in [3.05, 3.63) is 58.4 Å². The van der Waals surface area contributed by atoms with Crippen LogP contribution in [0.5, 0.6) is 0 Å². The maximum Gasteiger partial charge on any atom is 0.212 e. The van der Waals surface area contributed by atoms with E-state index in [1.807, 2.05) is 4.90 Å². The molecule has 1 aromatic carbocycles. The quantitative estimate of drug-likeness (QED) is 0.655. The van der Waals surface area contributed by atoms with E-state index < -0.39 is 0 Å². The summed E-state index contributed by atoms with van der Waals surface area (Å²) in [5, 5.41) is 0. The average molecular weight is 290 g/mol. The van der Waals surface area contributed by atoms with Crippen molar-refractivity contribution in [2.75, 3.05) is 6.54 Å². The van der Waals surface area contributed by atoms with Gasteiger partial charge in [0.15, 0.2) is 0 Å². The largest absolute Gasteiger partial charge is 0.396 e. The Hall–Kier alpha value is -1.78. The second-order valence-corrected chi connectivity index (χ2v) is 5.42. The van der Waals surface area contributed by atoms with Gasteiger partial charge in [0.2, 0.25) is 5.78 Å². The molecule has 0 fully saturated rings. The van der Waals surface area contributed by atoms with Gasteiger partial charge in [0.25, 0.3) is 0 Å². The van der Waals surface area contributed by atoms with Crippen molar-refractivity contribution in [1.82, 2.24) is 9.74 Å². The van der Waals surface area contributed by atoms with Gasteiger partial charge in [-0.1, -0.05) is 24.8 Å². The van der Waals surface area contributed by atoms with Crippen molar-refractivity contribution in [2.24, 2.45) is 5.73 Å². The van der Waals surface area contributed by atoms with Crippen LogP contribution in [-0.2, 0) is 24.3 Å². The lowest BCUT2D eigenvalue weighted by molar-refractivity contribution is -0.115. The van der Waals surface area contributed by atoms with Crippen LogP contribution >= 0.6 is 11.8 Å². The number of rotatable bonds is 3. The van der Waals surface area contributed by atoms with E-state index in [2.05, 4.69) is 29.6 Å². The zero-order valence-electron chi connectivity index (χ0n) is 11.1. The van der Waals surface area contributed by atoms with Gasteiger partial charge in [-0.2, -0.15) is 0 Å². The number of ketones is 1. The zero-order chi connectivity index (χ0) is 14.3. The van der Waals surface area contributed by atoms with E-state index >= 15 is 0 Å². The molecule has 20 heavy (non-hydrogen) atoms. The van der Waals surface area contributed by atoms with E-state index in [9.17, 15) is 4.79 Å². The Kier molecular flexibility index (Phi) is 3.28. The maximum atomic E-state index is 11.8. The Bertz CT molecular complexity index is 636. The Morgan fingerprint density at radius 2 is 2.20 bits per heavy atom. The summed E-state index contributed by atoms with van der Waals surface area (Å²) >= 11 is 5.55. The molecule has 0 radical (unpaired) electrons. The van der Waals surface area contributed by atoms with E-state index in [4.69, 9.17) is 17.5 Å². The summed E-state index contributed by atoms with van der Waals surface area (Å²) in [7, 11) is 0. The summed E-state index contributed by atoms with van der Waals surface area (Å²) in [5.74, 6) is -0.0236. The highest BCUT2D eigenvalue weighted by Gasteiger charge is 2.35.